The van der Waals surface area contributed by atoms with Gasteiger partial charge in [-0.05, 0) is 19.1 Å². The Morgan fingerprint density at radius 1 is 1.33 bits per heavy atom. The zero-order valence-electron chi connectivity index (χ0n) is 16.3. The molecule has 152 valence electrons. The van der Waals surface area contributed by atoms with Crippen LogP contribution >= 0.6 is 12.4 Å². The van der Waals surface area contributed by atoms with Crippen molar-refractivity contribution in [2.24, 2.45) is 11.1 Å². The quantitative estimate of drug-likeness (QED) is 0.581. The van der Waals surface area contributed by atoms with Gasteiger partial charge in [-0.1, -0.05) is 19.9 Å². The van der Waals surface area contributed by atoms with Gasteiger partial charge in [0.05, 0.1) is 12.6 Å². The van der Waals surface area contributed by atoms with Crippen LogP contribution in [0.5, 0.6) is 5.75 Å². The summed E-state index contributed by atoms with van der Waals surface area (Å²) < 4.78 is 11.3. The minimum Gasteiger partial charge on any atom is -0.492 e. The first-order valence-corrected chi connectivity index (χ1v) is 8.90. The molecule has 0 aliphatic heterocycles. The van der Waals surface area contributed by atoms with E-state index in [1.807, 2.05) is 20.8 Å². The number of carbonyl (C=O) groups excluding carboxylic acids is 2. The summed E-state index contributed by atoms with van der Waals surface area (Å²) in [5.41, 5.74) is 5.65. The molecule has 2 amide bonds. The molecule has 0 bridgehead atoms. The summed E-state index contributed by atoms with van der Waals surface area (Å²) >= 11 is 0. The highest BCUT2D eigenvalue weighted by Gasteiger charge is 2.62. The fraction of sp³-hybridized carbons (Fsp3) is 0.579. The predicted molar refractivity (Wildman–Crippen MR) is 107 cm³/mol. The molecule has 2 unspecified atom stereocenters. The molecule has 1 aromatic rings. The highest BCUT2D eigenvalue weighted by atomic mass is 35.5. The van der Waals surface area contributed by atoms with E-state index in [0.29, 0.717) is 37.6 Å². The van der Waals surface area contributed by atoms with E-state index < -0.39 is 11.0 Å². The Morgan fingerprint density at radius 3 is 2.63 bits per heavy atom. The number of amides is 2. The normalized spacial score (nSPS) is 22.8. The predicted octanol–water partition coefficient (Wildman–Crippen LogP) is 2.09. The van der Waals surface area contributed by atoms with E-state index in [1.165, 1.54) is 6.92 Å². The van der Waals surface area contributed by atoms with Crippen molar-refractivity contribution in [2.75, 3.05) is 25.1 Å². The third-order valence-corrected chi connectivity index (χ3v) is 5.05. The van der Waals surface area contributed by atoms with Crippen LogP contribution in [0.25, 0.3) is 0 Å². The van der Waals surface area contributed by atoms with Crippen molar-refractivity contribution in [3.63, 3.8) is 0 Å². The van der Waals surface area contributed by atoms with Crippen molar-refractivity contribution in [3.05, 3.63) is 24.3 Å². The SMILES string of the molecule is CCOC1CC(N)(C(=O)NCCOc2cccc(NC(C)=O)c2)C1(C)C.Cl. The van der Waals surface area contributed by atoms with Gasteiger partial charge in [0.2, 0.25) is 11.8 Å². The smallest absolute Gasteiger partial charge is 0.240 e. The Morgan fingerprint density at radius 2 is 2.04 bits per heavy atom. The maximum absolute atomic E-state index is 12.5. The van der Waals surface area contributed by atoms with Gasteiger partial charge in [0.15, 0.2) is 0 Å². The van der Waals surface area contributed by atoms with Crippen molar-refractivity contribution in [1.82, 2.24) is 5.32 Å². The van der Waals surface area contributed by atoms with Crippen LogP contribution < -0.4 is 21.1 Å². The molecule has 1 aromatic carbocycles. The summed E-state index contributed by atoms with van der Waals surface area (Å²) in [7, 11) is 0. The molecule has 7 nitrogen and oxygen atoms in total. The summed E-state index contributed by atoms with van der Waals surface area (Å²) in [6, 6.07) is 7.09. The number of carbonyl (C=O) groups is 2. The molecule has 1 aliphatic carbocycles. The molecule has 4 N–H and O–H groups in total. The highest BCUT2D eigenvalue weighted by molar-refractivity contribution is 5.89. The van der Waals surface area contributed by atoms with Crippen LogP contribution in [0.4, 0.5) is 5.69 Å². The van der Waals surface area contributed by atoms with Gasteiger partial charge in [0.1, 0.15) is 17.9 Å². The molecular weight excluding hydrogens is 370 g/mol. The van der Waals surface area contributed by atoms with E-state index in [-0.39, 0.29) is 30.3 Å². The van der Waals surface area contributed by atoms with E-state index in [2.05, 4.69) is 10.6 Å². The van der Waals surface area contributed by atoms with E-state index in [4.69, 9.17) is 15.2 Å². The number of hydrogen-bond acceptors (Lipinski definition) is 5. The van der Waals surface area contributed by atoms with Crippen LogP contribution in [0.2, 0.25) is 0 Å². The third kappa shape index (κ3) is 5.12. The first-order chi connectivity index (χ1) is 12.2. The number of benzene rings is 1. The lowest BCUT2D eigenvalue weighted by atomic mass is 9.54. The maximum atomic E-state index is 12.5. The summed E-state index contributed by atoms with van der Waals surface area (Å²) in [6.07, 6.45) is 0.509. The first-order valence-electron chi connectivity index (χ1n) is 8.90. The molecule has 2 rings (SSSR count). The molecular formula is C19H30ClN3O4. The van der Waals surface area contributed by atoms with Crippen molar-refractivity contribution >= 4 is 29.9 Å². The minimum atomic E-state index is -0.932. The average Bonchev–Trinajstić information content (AvgIpc) is 2.58. The Kier molecular flexibility index (Phi) is 8.07. The molecule has 1 aliphatic rings. The van der Waals surface area contributed by atoms with Gasteiger partial charge in [-0.3, -0.25) is 9.59 Å². The number of nitrogens with one attached hydrogen (secondary N) is 2. The largest absolute Gasteiger partial charge is 0.492 e. The van der Waals surface area contributed by atoms with Gasteiger partial charge in [0.25, 0.3) is 0 Å². The number of rotatable bonds is 8. The molecule has 0 aromatic heterocycles. The first kappa shape index (κ1) is 23.2. The van der Waals surface area contributed by atoms with E-state index in [9.17, 15) is 9.59 Å². The fourth-order valence-corrected chi connectivity index (χ4v) is 3.18. The van der Waals surface area contributed by atoms with Crippen LogP contribution in [0.15, 0.2) is 24.3 Å². The Balaban J connectivity index is 0.00000364. The lowest BCUT2D eigenvalue weighted by Gasteiger charge is -2.57. The monoisotopic (exact) mass is 399 g/mol. The van der Waals surface area contributed by atoms with Gasteiger partial charge in [-0.25, -0.2) is 0 Å². The van der Waals surface area contributed by atoms with Gasteiger partial charge >= 0.3 is 0 Å². The lowest BCUT2D eigenvalue weighted by molar-refractivity contribution is -0.170. The van der Waals surface area contributed by atoms with Gasteiger partial charge in [0, 0.05) is 37.1 Å². The Bertz CT molecular complexity index is 668. The van der Waals surface area contributed by atoms with Crippen molar-refractivity contribution in [2.45, 2.75) is 45.8 Å². The second-order valence-corrected chi connectivity index (χ2v) is 7.15. The van der Waals surface area contributed by atoms with Crippen LogP contribution in [0.3, 0.4) is 0 Å². The molecule has 8 heteroatoms. The van der Waals surface area contributed by atoms with Crippen molar-refractivity contribution in [1.29, 1.82) is 0 Å². The standard InChI is InChI=1S/C19H29N3O4.ClH/c1-5-25-16-12-19(20,18(16,3)4)17(24)21-9-10-26-15-8-6-7-14(11-15)22-13(2)23;/h6-8,11,16H,5,9-10,12,20H2,1-4H3,(H,21,24)(H,22,23);1H. The second-order valence-electron chi connectivity index (χ2n) is 7.15. The maximum Gasteiger partial charge on any atom is 0.240 e. The minimum absolute atomic E-state index is 0. The Hall–Kier alpha value is -1.83. The van der Waals surface area contributed by atoms with Gasteiger partial charge in [-0.2, -0.15) is 0 Å². The molecule has 27 heavy (non-hydrogen) atoms. The van der Waals surface area contributed by atoms with Crippen molar-refractivity contribution < 1.29 is 19.1 Å². The number of anilines is 1. The summed E-state index contributed by atoms with van der Waals surface area (Å²) in [5, 5.41) is 5.54. The molecule has 0 radical (unpaired) electrons. The lowest BCUT2D eigenvalue weighted by Crippen LogP contribution is -2.75. The summed E-state index contributed by atoms with van der Waals surface area (Å²) in [6.45, 7) is 8.56. The molecule has 2 atom stereocenters. The molecule has 0 saturated heterocycles. The van der Waals surface area contributed by atoms with Crippen molar-refractivity contribution in [3.8, 4) is 5.75 Å². The second kappa shape index (κ2) is 9.39. The highest BCUT2D eigenvalue weighted by Crippen LogP contribution is 2.49. The van der Waals surface area contributed by atoms with E-state index in [1.54, 1.807) is 24.3 Å². The molecule has 1 fully saturated rings. The molecule has 1 saturated carbocycles. The zero-order chi connectivity index (χ0) is 19.4. The summed E-state index contributed by atoms with van der Waals surface area (Å²) in [5.74, 6) is 0.290. The van der Waals surface area contributed by atoms with Crippen LogP contribution in [0.1, 0.15) is 34.1 Å². The third-order valence-electron chi connectivity index (χ3n) is 5.05. The molecule has 0 heterocycles. The Labute approximate surface area is 166 Å². The van der Waals surface area contributed by atoms with Crippen LogP contribution in [0, 0.1) is 5.41 Å². The fourth-order valence-electron chi connectivity index (χ4n) is 3.18. The topological polar surface area (TPSA) is 103 Å². The van der Waals surface area contributed by atoms with E-state index in [0.717, 1.165) is 0 Å². The number of halogens is 1. The zero-order valence-corrected chi connectivity index (χ0v) is 17.2. The molecule has 0 spiro atoms. The van der Waals surface area contributed by atoms with Crippen LogP contribution in [-0.2, 0) is 14.3 Å². The average molecular weight is 400 g/mol. The summed E-state index contributed by atoms with van der Waals surface area (Å²) in [4.78, 5) is 23.6. The van der Waals surface area contributed by atoms with E-state index >= 15 is 0 Å². The van der Waals surface area contributed by atoms with Crippen LogP contribution in [-0.4, -0.2) is 43.2 Å². The number of nitrogens with two attached hydrogens (primary N) is 1. The number of ether oxygens (including phenoxy) is 2. The number of hydrogen-bond donors (Lipinski definition) is 3. The van der Waals surface area contributed by atoms with Gasteiger partial charge < -0.3 is 25.8 Å². The van der Waals surface area contributed by atoms with Gasteiger partial charge in [-0.15, -0.1) is 12.4 Å².